The van der Waals surface area contributed by atoms with Crippen molar-refractivity contribution in [2.24, 2.45) is 0 Å². The maximum absolute atomic E-state index is 13.0. The number of esters is 1. The minimum absolute atomic E-state index is 0.0781. The summed E-state index contributed by atoms with van der Waals surface area (Å²) in [5.41, 5.74) is 5.32. The Morgan fingerprint density at radius 2 is 0.941 bits per heavy atom. The first-order valence-corrected chi connectivity index (χ1v) is 17.9. The van der Waals surface area contributed by atoms with Crippen LogP contribution < -0.4 is 9.47 Å². The molecule has 0 amide bonds. The van der Waals surface area contributed by atoms with Crippen molar-refractivity contribution >= 4 is 49.6 Å². The van der Waals surface area contributed by atoms with Gasteiger partial charge in [0.2, 0.25) is 0 Å². The van der Waals surface area contributed by atoms with E-state index in [1.165, 1.54) is 43.6 Å². The van der Waals surface area contributed by atoms with Crippen LogP contribution in [0.2, 0.25) is 0 Å². The van der Waals surface area contributed by atoms with Gasteiger partial charge in [0, 0.05) is 62.8 Å². The molecule has 8 nitrogen and oxygen atoms in total. The monoisotopic (exact) mass is 684 g/mol. The Kier molecular flexibility index (Phi) is 11.1. The third-order valence-corrected chi connectivity index (χ3v) is 9.26. The molecular weight excluding hydrogens is 640 g/mol. The van der Waals surface area contributed by atoms with E-state index in [9.17, 15) is 4.79 Å². The van der Waals surface area contributed by atoms with Gasteiger partial charge in [-0.25, -0.2) is 4.79 Å². The quantitative estimate of drug-likeness (QED) is 0.0719. The fourth-order valence-electron chi connectivity index (χ4n) is 6.91. The summed E-state index contributed by atoms with van der Waals surface area (Å²) in [5.74, 6) is 0.659. The van der Waals surface area contributed by atoms with Gasteiger partial charge in [0.1, 0.15) is 18.1 Å². The largest absolute Gasteiger partial charge is 0.493 e. The highest BCUT2D eigenvalue weighted by Crippen LogP contribution is 2.31. The Labute approximate surface area is 297 Å². The van der Waals surface area contributed by atoms with Crippen LogP contribution in [-0.2, 0) is 22.6 Å². The van der Waals surface area contributed by atoms with E-state index in [0.717, 1.165) is 38.8 Å². The number of aliphatic hydroxyl groups is 1. The first-order valence-electron chi connectivity index (χ1n) is 17.9. The van der Waals surface area contributed by atoms with Crippen LogP contribution in [0.1, 0.15) is 36.0 Å². The molecule has 2 aromatic heterocycles. The molecule has 2 heterocycles. The van der Waals surface area contributed by atoms with Crippen molar-refractivity contribution in [3.63, 3.8) is 0 Å². The van der Waals surface area contributed by atoms with Crippen LogP contribution in [-0.4, -0.2) is 59.9 Å². The summed E-state index contributed by atoms with van der Waals surface area (Å²) in [6.07, 6.45) is 3.56. The van der Waals surface area contributed by atoms with Crippen LogP contribution in [0.25, 0.3) is 43.6 Å². The van der Waals surface area contributed by atoms with Crippen LogP contribution >= 0.6 is 0 Å². The number of para-hydroxylation sites is 4. The lowest BCUT2D eigenvalue weighted by atomic mass is 10.2. The van der Waals surface area contributed by atoms with E-state index in [-0.39, 0.29) is 26.4 Å². The van der Waals surface area contributed by atoms with Crippen molar-refractivity contribution in [3.8, 4) is 11.5 Å². The number of aryl methyl sites for hydroxylation is 2. The molecule has 5 aromatic carbocycles. The lowest BCUT2D eigenvalue weighted by Gasteiger charge is -2.13. The summed E-state index contributed by atoms with van der Waals surface area (Å²) < 4.78 is 27.8. The topological polar surface area (TPSA) is 84.1 Å². The van der Waals surface area contributed by atoms with Crippen LogP contribution in [0, 0.1) is 0 Å². The fourth-order valence-corrected chi connectivity index (χ4v) is 6.91. The van der Waals surface area contributed by atoms with Gasteiger partial charge >= 0.3 is 5.97 Å². The number of benzene rings is 5. The molecule has 0 fully saturated rings. The van der Waals surface area contributed by atoms with Crippen molar-refractivity contribution in [1.82, 2.24) is 9.13 Å². The maximum Gasteiger partial charge on any atom is 0.338 e. The molecule has 0 radical (unpaired) electrons. The molecule has 0 aliphatic carbocycles. The van der Waals surface area contributed by atoms with Gasteiger partial charge < -0.3 is 33.2 Å². The fraction of sp³-hybridized carbons (Fsp3) is 0.279. The Hall–Kier alpha value is -5.31. The second-order valence-corrected chi connectivity index (χ2v) is 12.6. The molecule has 0 bridgehead atoms. The van der Waals surface area contributed by atoms with Gasteiger partial charge in [-0.15, -0.1) is 0 Å². The van der Waals surface area contributed by atoms with E-state index < -0.39 is 5.97 Å². The van der Waals surface area contributed by atoms with Crippen molar-refractivity contribution in [2.45, 2.75) is 38.8 Å². The summed E-state index contributed by atoms with van der Waals surface area (Å²) in [6.45, 7) is 3.19. The summed E-state index contributed by atoms with van der Waals surface area (Å²) in [4.78, 5) is 13.0. The number of nitrogens with zero attached hydrogens (tertiary/aromatic N) is 2. The second kappa shape index (κ2) is 16.6. The zero-order valence-corrected chi connectivity index (χ0v) is 28.8. The van der Waals surface area contributed by atoms with Gasteiger partial charge in [0.15, 0.2) is 0 Å². The highest BCUT2D eigenvalue weighted by atomic mass is 16.6. The van der Waals surface area contributed by atoms with Crippen LogP contribution in [0.4, 0.5) is 0 Å². The number of carbonyl (C=O) groups is 1. The van der Waals surface area contributed by atoms with E-state index in [2.05, 4.69) is 106 Å². The molecule has 262 valence electrons. The number of aromatic nitrogens is 2. The molecule has 8 heteroatoms. The van der Waals surface area contributed by atoms with Crippen molar-refractivity contribution < 1.29 is 28.8 Å². The molecule has 7 rings (SSSR count). The van der Waals surface area contributed by atoms with Gasteiger partial charge in [0.05, 0.1) is 38.6 Å². The zero-order valence-electron chi connectivity index (χ0n) is 28.8. The molecule has 0 spiro atoms. The maximum atomic E-state index is 13.0. The van der Waals surface area contributed by atoms with Gasteiger partial charge in [-0.1, -0.05) is 72.8 Å². The Morgan fingerprint density at radius 3 is 1.37 bits per heavy atom. The number of ether oxygens (including phenoxy) is 4. The van der Waals surface area contributed by atoms with Crippen molar-refractivity contribution in [2.75, 3.05) is 39.6 Å². The van der Waals surface area contributed by atoms with Gasteiger partial charge in [-0.05, 0) is 62.1 Å². The number of rotatable bonds is 18. The van der Waals surface area contributed by atoms with Gasteiger partial charge in [-0.3, -0.25) is 0 Å². The molecule has 0 atom stereocenters. The Morgan fingerprint density at radius 1 is 0.510 bits per heavy atom. The summed E-state index contributed by atoms with van der Waals surface area (Å²) in [6, 6.07) is 39.4. The number of aliphatic hydroxyl groups excluding tert-OH is 1. The summed E-state index contributed by atoms with van der Waals surface area (Å²) in [5, 5.41) is 14.0. The van der Waals surface area contributed by atoms with Gasteiger partial charge in [0.25, 0.3) is 0 Å². The third-order valence-electron chi connectivity index (χ3n) is 9.26. The van der Waals surface area contributed by atoms with E-state index >= 15 is 0 Å². The first-order chi connectivity index (χ1) is 25.2. The normalized spacial score (nSPS) is 11.5. The molecule has 51 heavy (non-hydrogen) atoms. The minimum atomic E-state index is -0.476. The smallest absolute Gasteiger partial charge is 0.338 e. The highest BCUT2D eigenvalue weighted by molar-refractivity contribution is 6.08. The third kappa shape index (κ3) is 7.88. The van der Waals surface area contributed by atoms with Gasteiger partial charge in [-0.2, -0.15) is 0 Å². The lowest BCUT2D eigenvalue weighted by molar-refractivity contribution is 0.0257. The standard InChI is InChI=1S/C43H44N2O6/c46-23-26-48-27-28-51-43(47)32-29-33(49-24-11-9-21-44-39-17-5-1-13-35(39)36-14-2-6-18-40(36)44)31-34(30-32)50-25-12-10-22-45-41-19-7-3-15-37(41)38-16-4-8-20-42(38)45/h1-8,13-20,29-31,46H,9-12,21-28H2. The molecule has 0 unspecified atom stereocenters. The zero-order chi connectivity index (χ0) is 34.8. The SMILES string of the molecule is O=C(OCCOCCO)c1cc(OCCCCn2c3ccccc3c3ccccc32)cc(OCCCCn2c3ccccc3c3ccccc32)c1. The second-order valence-electron chi connectivity index (χ2n) is 12.6. The molecule has 7 aromatic rings. The van der Waals surface area contributed by atoms with E-state index in [1.807, 2.05) is 6.07 Å². The number of hydrogen-bond donors (Lipinski definition) is 1. The predicted octanol–water partition coefficient (Wildman–Crippen LogP) is 8.79. The van der Waals surface area contributed by atoms with E-state index in [4.69, 9.17) is 24.1 Å². The molecule has 1 N–H and O–H groups in total. The number of carbonyl (C=O) groups excluding carboxylic acids is 1. The molecular formula is C43H44N2O6. The van der Waals surface area contributed by atoms with Crippen LogP contribution in [0.15, 0.2) is 115 Å². The number of unbranched alkanes of at least 4 members (excludes halogenated alkanes) is 2. The average molecular weight is 685 g/mol. The predicted molar refractivity (Wildman–Crippen MR) is 203 cm³/mol. The summed E-state index contributed by atoms with van der Waals surface area (Å²) in [7, 11) is 0. The molecule has 0 aliphatic rings. The Balaban J connectivity index is 0.966. The van der Waals surface area contributed by atoms with Crippen LogP contribution in [0.5, 0.6) is 11.5 Å². The van der Waals surface area contributed by atoms with Crippen LogP contribution in [0.3, 0.4) is 0 Å². The number of fused-ring (bicyclic) bond motifs is 6. The molecule has 0 saturated heterocycles. The lowest BCUT2D eigenvalue weighted by Crippen LogP contribution is -2.13. The first kappa shape index (κ1) is 34.2. The minimum Gasteiger partial charge on any atom is -0.493 e. The van der Waals surface area contributed by atoms with E-state index in [0.29, 0.717) is 30.3 Å². The average Bonchev–Trinajstić information content (AvgIpc) is 3.67. The molecule has 0 aliphatic heterocycles. The highest BCUT2D eigenvalue weighted by Gasteiger charge is 2.14. The van der Waals surface area contributed by atoms with Crippen molar-refractivity contribution in [3.05, 3.63) is 121 Å². The number of hydrogen-bond acceptors (Lipinski definition) is 6. The molecule has 0 saturated carbocycles. The summed E-state index contributed by atoms with van der Waals surface area (Å²) >= 11 is 0. The Bertz CT molecular complexity index is 1990. The van der Waals surface area contributed by atoms with E-state index in [1.54, 1.807) is 12.1 Å². The van der Waals surface area contributed by atoms with Crippen molar-refractivity contribution in [1.29, 1.82) is 0 Å².